The summed E-state index contributed by atoms with van der Waals surface area (Å²) in [6, 6.07) is 8.27. The van der Waals surface area contributed by atoms with Gasteiger partial charge in [-0.2, -0.15) is 5.10 Å². The number of aromatic carboxylic acids is 1. The molecule has 1 aromatic carbocycles. The zero-order chi connectivity index (χ0) is 18.3. The topological polar surface area (TPSA) is 97.5 Å². The molecule has 2 heterocycles. The van der Waals surface area contributed by atoms with Crippen molar-refractivity contribution < 1.29 is 19.7 Å². The number of hydrogen-bond acceptors (Lipinski definition) is 5. The number of nitrogens with zero attached hydrogens (tertiary/aromatic N) is 3. The summed E-state index contributed by atoms with van der Waals surface area (Å²) in [5.41, 5.74) is 2.18. The summed E-state index contributed by atoms with van der Waals surface area (Å²) in [6.07, 6.45) is 4.62. The van der Waals surface area contributed by atoms with Crippen molar-refractivity contribution in [3.63, 3.8) is 0 Å². The molecule has 0 radical (unpaired) electrons. The summed E-state index contributed by atoms with van der Waals surface area (Å²) in [4.78, 5) is 15.4. The van der Waals surface area contributed by atoms with Gasteiger partial charge in [-0.3, -0.25) is 0 Å². The van der Waals surface area contributed by atoms with Gasteiger partial charge in [-0.1, -0.05) is 0 Å². The molecule has 1 atom stereocenters. The maximum Gasteiger partial charge on any atom is 0.335 e. The van der Waals surface area contributed by atoms with Gasteiger partial charge in [0.05, 0.1) is 29.7 Å². The summed E-state index contributed by atoms with van der Waals surface area (Å²) in [6.45, 7) is 2.29. The van der Waals surface area contributed by atoms with Crippen LogP contribution >= 0.6 is 0 Å². The van der Waals surface area contributed by atoms with E-state index in [1.807, 2.05) is 13.0 Å². The van der Waals surface area contributed by atoms with Gasteiger partial charge in [0.25, 0.3) is 0 Å². The molecular weight excluding hydrogens is 334 g/mol. The Morgan fingerprint density at radius 2 is 2.04 bits per heavy atom. The number of hydrogen-bond donors (Lipinski definition) is 2. The second kappa shape index (κ2) is 6.19. The van der Waals surface area contributed by atoms with Gasteiger partial charge in [0, 0.05) is 17.1 Å². The van der Waals surface area contributed by atoms with E-state index in [0.717, 1.165) is 23.9 Å². The molecule has 0 spiro atoms. The minimum Gasteiger partial charge on any atom is -0.478 e. The van der Waals surface area contributed by atoms with Gasteiger partial charge in [0.1, 0.15) is 6.10 Å². The first-order valence-corrected chi connectivity index (χ1v) is 8.45. The van der Waals surface area contributed by atoms with E-state index in [2.05, 4.69) is 10.1 Å². The number of benzene rings is 1. The third kappa shape index (κ3) is 3.18. The first-order chi connectivity index (χ1) is 12.5. The molecule has 0 bridgehead atoms. The van der Waals surface area contributed by atoms with Crippen molar-refractivity contribution in [2.75, 3.05) is 6.61 Å². The molecule has 1 saturated carbocycles. The highest BCUT2D eigenvalue weighted by Gasteiger charge is 2.38. The highest BCUT2D eigenvalue weighted by atomic mass is 16.5. The van der Waals surface area contributed by atoms with Crippen molar-refractivity contribution in [2.45, 2.75) is 31.5 Å². The highest BCUT2D eigenvalue weighted by molar-refractivity contribution is 5.87. The number of carbonyl (C=O) groups is 1. The van der Waals surface area contributed by atoms with Crippen molar-refractivity contribution in [1.29, 1.82) is 0 Å². The fraction of sp³-hybridized carbons (Fsp3) is 0.316. The second-order valence-electron chi connectivity index (χ2n) is 6.87. The molecule has 0 amide bonds. The van der Waals surface area contributed by atoms with Gasteiger partial charge in [0.2, 0.25) is 0 Å². The third-order valence-electron chi connectivity index (χ3n) is 4.72. The zero-order valence-corrected chi connectivity index (χ0v) is 14.3. The van der Waals surface area contributed by atoms with Crippen LogP contribution in [-0.4, -0.2) is 43.2 Å². The van der Waals surface area contributed by atoms with E-state index in [1.54, 1.807) is 29.2 Å². The number of ether oxygens (including phenoxy) is 1. The Kier molecular flexibility index (Phi) is 3.97. The molecule has 1 aliphatic rings. The lowest BCUT2D eigenvalue weighted by atomic mass is 10.1. The SMILES string of the molecule is CC1(OCC(O)c2cnc3c(cnn3-c3ccc(C(=O)O)cc3)c2)CC1. The van der Waals surface area contributed by atoms with E-state index < -0.39 is 12.1 Å². The van der Waals surface area contributed by atoms with Crippen molar-refractivity contribution in [1.82, 2.24) is 14.8 Å². The molecule has 1 unspecified atom stereocenters. The molecular formula is C19H19N3O4. The van der Waals surface area contributed by atoms with E-state index in [4.69, 9.17) is 9.84 Å². The first kappa shape index (κ1) is 16.7. The molecule has 0 aliphatic heterocycles. The van der Waals surface area contributed by atoms with Crippen LogP contribution < -0.4 is 0 Å². The van der Waals surface area contributed by atoms with Gasteiger partial charge in [-0.05, 0) is 50.1 Å². The van der Waals surface area contributed by atoms with Crippen molar-refractivity contribution in [3.05, 3.63) is 53.9 Å². The lowest BCUT2D eigenvalue weighted by Crippen LogP contribution is -2.15. The standard InChI is InChI=1S/C19H19N3O4/c1-19(6-7-19)26-11-16(23)13-8-14-10-21-22(17(14)20-9-13)15-4-2-12(3-5-15)18(24)25/h2-5,8-10,16,23H,6-7,11H2,1H3,(H,24,25). The molecule has 2 aromatic heterocycles. The van der Waals surface area contributed by atoms with E-state index in [9.17, 15) is 9.90 Å². The van der Waals surface area contributed by atoms with Crippen LogP contribution in [0.4, 0.5) is 0 Å². The van der Waals surface area contributed by atoms with E-state index in [1.165, 1.54) is 12.1 Å². The summed E-state index contributed by atoms with van der Waals surface area (Å²) >= 11 is 0. The van der Waals surface area contributed by atoms with Gasteiger partial charge >= 0.3 is 5.97 Å². The molecule has 7 heteroatoms. The first-order valence-electron chi connectivity index (χ1n) is 8.45. The van der Waals surface area contributed by atoms with Gasteiger partial charge in [-0.25, -0.2) is 14.5 Å². The maximum atomic E-state index is 11.0. The Labute approximate surface area is 149 Å². The van der Waals surface area contributed by atoms with Crippen molar-refractivity contribution in [3.8, 4) is 5.69 Å². The Morgan fingerprint density at radius 3 is 2.69 bits per heavy atom. The van der Waals surface area contributed by atoms with Crippen LogP contribution in [0.1, 0.15) is 41.8 Å². The number of aliphatic hydroxyl groups excluding tert-OH is 1. The summed E-state index contributed by atoms with van der Waals surface area (Å²) in [7, 11) is 0. The Hall–Kier alpha value is -2.77. The summed E-state index contributed by atoms with van der Waals surface area (Å²) in [5.74, 6) is -0.971. The number of pyridine rings is 1. The monoisotopic (exact) mass is 353 g/mol. The van der Waals surface area contributed by atoms with Crippen molar-refractivity contribution in [2.24, 2.45) is 0 Å². The normalized spacial score (nSPS) is 16.5. The van der Waals surface area contributed by atoms with Crippen LogP contribution in [0.2, 0.25) is 0 Å². The lowest BCUT2D eigenvalue weighted by Gasteiger charge is -2.15. The zero-order valence-electron chi connectivity index (χ0n) is 14.3. The van der Waals surface area contributed by atoms with Crippen LogP contribution in [0.3, 0.4) is 0 Å². The minimum atomic E-state index is -0.971. The fourth-order valence-electron chi connectivity index (χ4n) is 2.75. The van der Waals surface area contributed by atoms with Gasteiger partial charge in [-0.15, -0.1) is 0 Å². The molecule has 1 fully saturated rings. The van der Waals surface area contributed by atoms with Crippen LogP contribution in [0.5, 0.6) is 0 Å². The molecule has 0 saturated heterocycles. The summed E-state index contributed by atoms with van der Waals surface area (Å²) < 4.78 is 7.36. The largest absolute Gasteiger partial charge is 0.478 e. The third-order valence-corrected chi connectivity index (χ3v) is 4.72. The number of aliphatic hydroxyl groups is 1. The number of carboxylic acids is 1. The predicted octanol–water partition coefficient (Wildman–Crippen LogP) is 2.72. The number of carboxylic acid groups (broad SMARTS) is 1. The average molecular weight is 353 g/mol. The molecule has 26 heavy (non-hydrogen) atoms. The average Bonchev–Trinajstić information content (AvgIpc) is 3.23. The molecule has 1 aliphatic carbocycles. The minimum absolute atomic E-state index is 0.0779. The highest BCUT2D eigenvalue weighted by Crippen LogP contribution is 2.39. The van der Waals surface area contributed by atoms with E-state index in [-0.39, 0.29) is 17.8 Å². The number of fused-ring (bicyclic) bond motifs is 1. The predicted molar refractivity (Wildman–Crippen MR) is 94.4 cm³/mol. The summed E-state index contributed by atoms with van der Waals surface area (Å²) in [5, 5.41) is 24.4. The van der Waals surface area contributed by atoms with Crippen LogP contribution in [-0.2, 0) is 4.74 Å². The lowest BCUT2D eigenvalue weighted by molar-refractivity contribution is -0.0160. The maximum absolute atomic E-state index is 11.0. The molecule has 3 aromatic rings. The van der Waals surface area contributed by atoms with E-state index >= 15 is 0 Å². The second-order valence-corrected chi connectivity index (χ2v) is 6.87. The van der Waals surface area contributed by atoms with Crippen LogP contribution in [0, 0.1) is 0 Å². The van der Waals surface area contributed by atoms with Gasteiger partial charge < -0.3 is 14.9 Å². The Morgan fingerprint density at radius 1 is 1.31 bits per heavy atom. The smallest absolute Gasteiger partial charge is 0.335 e. The van der Waals surface area contributed by atoms with Gasteiger partial charge in [0.15, 0.2) is 5.65 Å². The molecule has 4 rings (SSSR count). The van der Waals surface area contributed by atoms with Crippen LogP contribution in [0.25, 0.3) is 16.7 Å². The quantitative estimate of drug-likeness (QED) is 0.707. The van der Waals surface area contributed by atoms with Crippen LogP contribution in [0.15, 0.2) is 42.7 Å². The number of rotatable bonds is 6. The Bertz CT molecular complexity index is 961. The fourth-order valence-corrected chi connectivity index (χ4v) is 2.75. The number of aromatic nitrogens is 3. The molecule has 7 nitrogen and oxygen atoms in total. The van der Waals surface area contributed by atoms with E-state index in [0.29, 0.717) is 11.2 Å². The van der Waals surface area contributed by atoms with Crippen molar-refractivity contribution >= 4 is 17.0 Å². The molecule has 134 valence electrons. The Balaban J connectivity index is 1.57. The molecule has 2 N–H and O–H groups in total.